The number of benzene rings is 1. The summed E-state index contributed by atoms with van der Waals surface area (Å²) in [6, 6.07) is 3.41. The van der Waals surface area contributed by atoms with Gasteiger partial charge in [0.15, 0.2) is 0 Å². The lowest BCUT2D eigenvalue weighted by Crippen LogP contribution is -2.35. The molecule has 116 valence electrons. The SMILES string of the molecule is CCNc1ccc(C(=O)NC2CCOC2)cc1C(F)(F)F. The van der Waals surface area contributed by atoms with Crippen LogP contribution < -0.4 is 10.6 Å². The van der Waals surface area contributed by atoms with E-state index >= 15 is 0 Å². The highest BCUT2D eigenvalue weighted by molar-refractivity contribution is 5.95. The molecule has 1 heterocycles. The van der Waals surface area contributed by atoms with Gasteiger partial charge >= 0.3 is 6.18 Å². The minimum Gasteiger partial charge on any atom is -0.385 e. The molecule has 0 bridgehead atoms. The molecular weight excluding hydrogens is 285 g/mol. The molecule has 1 atom stereocenters. The summed E-state index contributed by atoms with van der Waals surface area (Å²) < 4.78 is 44.2. The molecule has 7 heteroatoms. The number of amides is 1. The molecule has 1 amide bonds. The Bertz CT molecular complexity index is 511. The van der Waals surface area contributed by atoms with Crippen LogP contribution >= 0.6 is 0 Å². The van der Waals surface area contributed by atoms with Gasteiger partial charge in [-0.1, -0.05) is 0 Å². The number of ether oxygens (including phenoxy) is 1. The summed E-state index contributed by atoms with van der Waals surface area (Å²) >= 11 is 0. The van der Waals surface area contributed by atoms with Crippen LogP contribution in [0.1, 0.15) is 29.3 Å². The molecule has 2 rings (SSSR count). The van der Waals surface area contributed by atoms with Crippen LogP contribution in [0.5, 0.6) is 0 Å². The Balaban J connectivity index is 2.21. The lowest BCUT2D eigenvalue weighted by atomic mass is 10.1. The summed E-state index contributed by atoms with van der Waals surface area (Å²) in [5.41, 5.74) is -0.860. The number of halogens is 3. The first-order valence-corrected chi connectivity index (χ1v) is 6.75. The van der Waals surface area contributed by atoms with Crippen molar-refractivity contribution in [3.63, 3.8) is 0 Å². The van der Waals surface area contributed by atoms with Crippen molar-refractivity contribution < 1.29 is 22.7 Å². The molecule has 0 spiro atoms. The summed E-state index contributed by atoms with van der Waals surface area (Å²) in [5.74, 6) is -0.515. The fraction of sp³-hybridized carbons (Fsp3) is 0.500. The number of carbonyl (C=O) groups is 1. The number of rotatable bonds is 4. The van der Waals surface area contributed by atoms with Gasteiger partial charge < -0.3 is 15.4 Å². The highest BCUT2D eigenvalue weighted by Gasteiger charge is 2.34. The summed E-state index contributed by atoms with van der Waals surface area (Å²) in [6.45, 7) is 3.03. The Morgan fingerprint density at radius 3 is 2.76 bits per heavy atom. The third-order valence-electron chi connectivity index (χ3n) is 3.22. The van der Waals surface area contributed by atoms with Crippen molar-refractivity contribution in [2.75, 3.05) is 25.1 Å². The highest BCUT2D eigenvalue weighted by Crippen LogP contribution is 2.35. The third-order valence-corrected chi connectivity index (χ3v) is 3.22. The highest BCUT2D eigenvalue weighted by atomic mass is 19.4. The van der Waals surface area contributed by atoms with E-state index in [2.05, 4.69) is 10.6 Å². The fourth-order valence-corrected chi connectivity index (χ4v) is 2.18. The lowest BCUT2D eigenvalue weighted by Gasteiger charge is -2.16. The fourth-order valence-electron chi connectivity index (χ4n) is 2.18. The van der Waals surface area contributed by atoms with Crippen molar-refractivity contribution in [2.24, 2.45) is 0 Å². The zero-order valence-electron chi connectivity index (χ0n) is 11.6. The molecule has 1 fully saturated rings. The molecule has 2 N–H and O–H groups in total. The largest absolute Gasteiger partial charge is 0.418 e. The molecule has 1 aromatic rings. The second-order valence-corrected chi connectivity index (χ2v) is 4.82. The van der Waals surface area contributed by atoms with E-state index in [0.717, 1.165) is 6.07 Å². The van der Waals surface area contributed by atoms with Gasteiger partial charge in [0, 0.05) is 24.4 Å². The Morgan fingerprint density at radius 2 is 2.19 bits per heavy atom. The van der Waals surface area contributed by atoms with Gasteiger partial charge in [0.05, 0.1) is 18.2 Å². The van der Waals surface area contributed by atoms with Crippen LogP contribution in [-0.4, -0.2) is 31.7 Å². The number of hydrogen-bond acceptors (Lipinski definition) is 3. The predicted molar refractivity (Wildman–Crippen MR) is 72.3 cm³/mol. The van der Waals surface area contributed by atoms with Crippen molar-refractivity contribution in [3.8, 4) is 0 Å². The summed E-state index contributed by atoms with van der Waals surface area (Å²) in [4.78, 5) is 12.0. The van der Waals surface area contributed by atoms with Gasteiger partial charge in [-0.3, -0.25) is 4.79 Å². The van der Waals surface area contributed by atoms with E-state index in [4.69, 9.17) is 4.74 Å². The number of hydrogen-bond donors (Lipinski definition) is 2. The van der Waals surface area contributed by atoms with Crippen LogP contribution in [0.25, 0.3) is 0 Å². The normalized spacial score (nSPS) is 18.6. The zero-order valence-corrected chi connectivity index (χ0v) is 11.6. The molecule has 4 nitrogen and oxygen atoms in total. The average Bonchev–Trinajstić information content (AvgIpc) is 2.91. The van der Waals surface area contributed by atoms with E-state index in [1.165, 1.54) is 12.1 Å². The smallest absolute Gasteiger partial charge is 0.385 e. The summed E-state index contributed by atoms with van der Waals surface area (Å²) in [7, 11) is 0. The third kappa shape index (κ3) is 3.87. The lowest BCUT2D eigenvalue weighted by molar-refractivity contribution is -0.137. The van der Waals surface area contributed by atoms with Crippen LogP contribution in [0.3, 0.4) is 0 Å². The van der Waals surface area contributed by atoms with Gasteiger partial charge in [-0.05, 0) is 31.5 Å². The van der Waals surface area contributed by atoms with Gasteiger partial charge in [0.25, 0.3) is 5.91 Å². The molecule has 0 aromatic heterocycles. The molecule has 21 heavy (non-hydrogen) atoms. The molecule has 0 saturated carbocycles. The van der Waals surface area contributed by atoms with Gasteiger partial charge in [-0.2, -0.15) is 13.2 Å². The van der Waals surface area contributed by atoms with E-state index in [-0.39, 0.29) is 17.3 Å². The Hall–Kier alpha value is -1.76. The molecule has 1 unspecified atom stereocenters. The van der Waals surface area contributed by atoms with Crippen LogP contribution in [0.15, 0.2) is 18.2 Å². The van der Waals surface area contributed by atoms with Gasteiger partial charge in [0.1, 0.15) is 0 Å². The Kier molecular flexibility index (Phi) is 4.72. The Labute approximate surface area is 120 Å². The zero-order chi connectivity index (χ0) is 15.5. The number of nitrogens with one attached hydrogen (secondary N) is 2. The van der Waals surface area contributed by atoms with Crippen LogP contribution in [0.4, 0.5) is 18.9 Å². The van der Waals surface area contributed by atoms with Gasteiger partial charge in [-0.15, -0.1) is 0 Å². The van der Waals surface area contributed by atoms with Crippen LogP contribution in [0.2, 0.25) is 0 Å². The summed E-state index contributed by atoms with van der Waals surface area (Å²) in [6.07, 6.45) is -3.84. The quantitative estimate of drug-likeness (QED) is 0.899. The van der Waals surface area contributed by atoms with Crippen molar-refractivity contribution >= 4 is 11.6 Å². The van der Waals surface area contributed by atoms with Gasteiger partial charge in [0.2, 0.25) is 0 Å². The van der Waals surface area contributed by atoms with Gasteiger partial charge in [-0.25, -0.2) is 0 Å². The number of anilines is 1. The molecule has 0 radical (unpaired) electrons. The van der Waals surface area contributed by atoms with E-state index in [0.29, 0.717) is 26.2 Å². The Morgan fingerprint density at radius 1 is 1.43 bits per heavy atom. The maximum Gasteiger partial charge on any atom is 0.418 e. The van der Waals surface area contributed by atoms with Crippen LogP contribution in [-0.2, 0) is 10.9 Å². The minimum atomic E-state index is -4.51. The topological polar surface area (TPSA) is 50.4 Å². The molecule has 1 aliphatic rings. The predicted octanol–water partition coefficient (Wildman–Crippen LogP) is 2.66. The second kappa shape index (κ2) is 6.34. The standard InChI is InChI=1S/C14H17F3N2O2/c1-2-18-12-4-3-9(7-11(12)14(15,16)17)13(20)19-10-5-6-21-8-10/h3-4,7,10,18H,2,5-6,8H2,1H3,(H,19,20). The number of alkyl halides is 3. The van der Waals surface area contributed by atoms with E-state index in [1.54, 1.807) is 6.92 Å². The molecule has 1 saturated heterocycles. The maximum absolute atomic E-state index is 13.0. The average molecular weight is 302 g/mol. The van der Waals surface area contributed by atoms with E-state index < -0.39 is 17.6 Å². The molecular formula is C14H17F3N2O2. The van der Waals surface area contributed by atoms with Crippen molar-refractivity contribution in [3.05, 3.63) is 29.3 Å². The molecule has 1 aromatic carbocycles. The molecule has 1 aliphatic heterocycles. The van der Waals surface area contributed by atoms with E-state index in [1.807, 2.05) is 0 Å². The second-order valence-electron chi connectivity index (χ2n) is 4.82. The number of carbonyl (C=O) groups excluding carboxylic acids is 1. The molecule has 0 aliphatic carbocycles. The first-order chi connectivity index (χ1) is 9.91. The summed E-state index contributed by atoms with van der Waals surface area (Å²) in [5, 5.41) is 5.32. The maximum atomic E-state index is 13.0. The van der Waals surface area contributed by atoms with Crippen molar-refractivity contribution in [1.82, 2.24) is 5.32 Å². The first kappa shape index (κ1) is 15.6. The minimum absolute atomic E-state index is 0.00382. The first-order valence-electron chi connectivity index (χ1n) is 6.75. The monoisotopic (exact) mass is 302 g/mol. The van der Waals surface area contributed by atoms with Crippen molar-refractivity contribution in [1.29, 1.82) is 0 Å². The van der Waals surface area contributed by atoms with E-state index in [9.17, 15) is 18.0 Å². The van der Waals surface area contributed by atoms with Crippen LogP contribution in [0, 0.1) is 0 Å². The van der Waals surface area contributed by atoms with Crippen molar-refractivity contribution in [2.45, 2.75) is 25.6 Å².